The molecule has 0 atom stereocenters. The molecule has 2 N–H and O–H groups in total. The summed E-state index contributed by atoms with van der Waals surface area (Å²) in [6.07, 6.45) is 4.50. The van der Waals surface area contributed by atoms with Crippen LogP contribution in [0.2, 0.25) is 0 Å². The normalized spacial score (nSPS) is 16.8. The van der Waals surface area contributed by atoms with Crippen LogP contribution < -0.4 is 0 Å². The number of amides is 1. The number of likely N-dealkylation sites (tertiary alicyclic amines) is 1. The maximum atomic E-state index is 12.0. The molecule has 1 saturated heterocycles. The number of hydrogen-bond donors (Lipinski definition) is 2. The van der Waals surface area contributed by atoms with Crippen LogP contribution in [0.3, 0.4) is 0 Å². The monoisotopic (exact) mass is 250 g/mol. The zero-order chi connectivity index (χ0) is 13.0. The number of aliphatic carboxylic acids is 1. The first-order valence-electron chi connectivity index (χ1n) is 6.31. The average Bonchev–Trinajstić information content (AvgIpc) is 2.90. The van der Waals surface area contributed by atoms with Gasteiger partial charge in [-0.1, -0.05) is 0 Å². The second kappa shape index (κ2) is 5.71. The van der Waals surface area contributed by atoms with Crippen molar-refractivity contribution in [2.75, 3.05) is 13.1 Å². The molecule has 5 nitrogen and oxygen atoms in total. The first-order chi connectivity index (χ1) is 8.66. The standard InChI is InChI=1S/C13H18N2O3/c16-12(17)4-3-10-5-8-15(9-6-10)13(18)11-2-1-7-14-11/h1-2,7,10,14H,3-6,8-9H2,(H,16,17). The number of aromatic amines is 1. The van der Waals surface area contributed by atoms with Crippen LogP contribution in [0, 0.1) is 5.92 Å². The molecular weight excluding hydrogens is 232 g/mol. The fourth-order valence-corrected chi connectivity index (χ4v) is 2.39. The van der Waals surface area contributed by atoms with Gasteiger partial charge >= 0.3 is 5.97 Å². The van der Waals surface area contributed by atoms with Crippen molar-refractivity contribution in [1.29, 1.82) is 0 Å². The molecule has 0 bridgehead atoms. The first kappa shape index (κ1) is 12.7. The summed E-state index contributed by atoms with van der Waals surface area (Å²) in [4.78, 5) is 27.3. The summed E-state index contributed by atoms with van der Waals surface area (Å²) in [6.45, 7) is 1.45. The number of carbonyl (C=O) groups excluding carboxylic acids is 1. The van der Waals surface area contributed by atoms with Crippen molar-refractivity contribution in [2.24, 2.45) is 5.92 Å². The Balaban J connectivity index is 1.80. The van der Waals surface area contributed by atoms with Crippen molar-refractivity contribution in [3.63, 3.8) is 0 Å². The summed E-state index contributed by atoms with van der Waals surface area (Å²) >= 11 is 0. The van der Waals surface area contributed by atoms with Gasteiger partial charge in [-0.05, 0) is 37.3 Å². The smallest absolute Gasteiger partial charge is 0.303 e. The van der Waals surface area contributed by atoms with Crippen molar-refractivity contribution in [3.05, 3.63) is 24.0 Å². The summed E-state index contributed by atoms with van der Waals surface area (Å²) in [5.74, 6) is -0.259. The van der Waals surface area contributed by atoms with E-state index in [2.05, 4.69) is 4.98 Å². The van der Waals surface area contributed by atoms with E-state index in [-0.39, 0.29) is 12.3 Å². The Bertz CT molecular complexity index is 406. The molecule has 1 aliphatic heterocycles. The number of nitrogens with zero attached hydrogens (tertiary/aromatic N) is 1. The second-order valence-corrected chi connectivity index (χ2v) is 4.75. The molecule has 0 aromatic carbocycles. The van der Waals surface area contributed by atoms with E-state index in [1.54, 1.807) is 12.3 Å². The molecule has 1 aromatic heterocycles. The fourth-order valence-electron chi connectivity index (χ4n) is 2.39. The minimum atomic E-state index is -0.736. The molecule has 0 aliphatic carbocycles. The quantitative estimate of drug-likeness (QED) is 0.854. The van der Waals surface area contributed by atoms with Crippen molar-refractivity contribution in [1.82, 2.24) is 9.88 Å². The molecule has 1 amide bonds. The third kappa shape index (κ3) is 3.12. The summed E-state index contributed by atoms with van der Waals surface area (Å²) in [5.41, 5.74) is 0.624. The maximum Gasteiger partial charge on any atom is 0.303 e. The molecule has 5 heteroatoms. The fraction of sp³-hybridized carbons (Fsp3) is 0.538. The Labute approximate surface area is 106 Å². The van der Waals surface area contributed by atoms with Gasteiger partial charge in [-0.15, -0.1) is 0 Å². The van der Waals surface area contributed by atoms with Gasteiger partial charge < -0.3 is 15.0 Å². The number of carboxylic acids is 1. The van der Waals surface area contributed by atoms with E-state index < -0.39 is 5.97 Å². The van der Waals surface area contributed by atoms with Crippen LogP contribution in [-0.4, -0.2) is 40.0 Å². The SMILES string of the molecule is O=C(O)CCC1CCN(C(=O)c2ccc[nH]2)CC1. The van der Waals surface area contributed by atoms with Crippen molar-refractivity contribution in [3.8, 4) is 0 Å². The molecule has 0 unspecified atom stereocenters. The minimum absolute atomic E-state index is 0.0386. The van der Waals surface area contributed by atoms with Gasteiger partial charge in [0.15, 0.2) is 0 Å². The van der Waals surface area contributed by atoms with E-state index in [4.69, 9.17) is 5.11 Å². The second-order valence-electron chi connectivity index (χ2n) is 4.75. The van der Waals surface area contributed by atoms with Crippen LogP contribution in [0.25, 0.3) is 0 Å². The Hall–Kier alpha value is -1.78. The van der Waals surface area contributed by atoms with E-state index in [1.165, 1.54) is 0 Å². The molecule has 0 saturated carbocycles. The van der Waals surface area contributed by atoms with Crippen LogP contribution in [0.4, 0.5) is 0 Å². The van der Waals surface area contributed by atoms with E-state index >= 15 is 0 Å². The molecule has 1 aromatic rings. The van der Waals surface area contributed by atoms with Gasteiger partial charge in [-0.25, -0.2) is 0 Å². The number of hydrogen-bond acceptors (Lipinski definition) is 2. The summed E-state index contributed by atoms with van der Waals surface area (Å²) in [7, 11) is 0. The van der Waals surface area contributed by atoms with Crippen molar-refractivity contribution in [2.45, 2.75) is 25.7 Å². The molecule has 0 radical (unpaired) electrons. The van der Waals surface area contributed by atoms with Crippen LogP contribution in [-0.2, 0) is 4.79 Å². The zero-order valence-electron chi connectivity index (χ0n) is 10.3. The number of nitrogens with one attached hydrogen (secondary N) is 1. The number of carbonyl (C=O) groups is 2. The number of carboxylic acid groups (broad SMARTS) is 1. The van der Waals surface area contributed by atoms with Crippen molar-refractivity contribution < 1.29 is 14.7 Å². The van der Waals surface area contributed by atoms with Gasteiger partial charge in [-0.3, -0.25) is 9.59 Å². The number of aromatic nitrogens is 1. The van der Waals surface area contributed by atoms with Gasteiger partial charge in [0.2, 0.25) is 0 Å². The molecule has 2 rings (SSSR count). The summed E-state index contributed by atoms with van der Waals surface area (Å²) in [6, 6.07) is 3.59. The average molecular weight is 250 g/mol. The van der Waals surface area contributed by atoms with E-state index in [9.17, 15) is 9.59 Å². The molecule has 1 aliphatic rings. The molecule has 2 heterocycles. The topological polar surface area (TPSA) is 73.4 Å². The molecule has 18 heavy (non-hydrogen) atoms. The number of rotatable bonds is 4. The lowest BCUT2D eigenvalue weighted by molar-refractivity contribution is -0.137. The maximum absolute atomic E-state index is 12.0. The molecular formula is C13H18N2O3. The van der Waals surface area contributed by atoms with Crippen LogP contribution >= 0.6 is 0 Å². The summed E-state index contributed by atoms with van der Waals surface area (Å²) < 4.78 is 0. The largest absolute Gasteiger partial charge is 0.481 e. The lowest BCUT2D eigenvalue weighted by atomic mass is 9.92. The van der Waals surface area contributed by atoms with E-state index in [1.807, 2.05) is 11.0 Å². The highest BCUT2D eigenvalue weighted by atomic mass is 16.4. The predicted octanol–water partition coefficient (Wildman–Crippen LogP) is 1.73. The van der Waals surface area contributed by atoms with E-state index in [0.717, 1.165) is 32.4 Å². The Kier molecular flexibility index (Phi) is 4.02. The Morgan fingerprint density at radius 1 is 1.39 bits per heavy atom. The van der Waals surface area contributed by atoms with Crippen molar-refractivity contribution >= 4 is 11.9 Å². The van der Waals surface area contributed by atoms with Crippen LogP contribution in [0.5, 0.6) is 0 Å². The highest BCUT2D eigenvalue weighted by molar-refractivity contribution is 5.92. The lowest BCUT2D eigenvalue weighted by Gasteiger charge is -2.31. The first-order valence-corrected chi connectivity index (χ1v) is 6.31. The minimum Gasteiger partial charge on any atom is -0.481 e. The van der Waals surface area contributed by atoms with Gasteiger partial charge in [-0.2, -0.15) is 0 Å². The Morgan fingerprint density at radius 2 is 2.11 bits per heavy atom. The predicted molar refractivity (Wildman–Crippen MR) is 66.3 cm³/mol. The number of piperidine rings is 1. The Morgan fingerprint density at radius 3 is 2.67 bits per heavy atom. The highest BCUT2D eigenvalue weighted by Gasteiger charge is 2.24. The third-order valence-corrected chi connectivity index (χ3v) is 3.50. The lowest BCUT2D eigenvalue weighted by Crippen LogP contribution is -2.38. The van der Waals surface area contributed by atoms with Crippen LogP contribution in [0.1, 0.15) is 36.2 Å². The molecule has 98 valence electrons. The zero-order valence-corrected chi connectivity index (χ0v) is 10.3. The van der Waals surface area contributed by atoms with Crippen LogP contribution in [0.15, 0.2) is 18.3 Å². The third-order valence-electron chi connectivity index (χ3n) is 3.50. The number of H-pyrrole nitrogens is 1. The van der Waals surface area contributed by atoms with E-state index in [0.29, 0.717) is 11.6 Å². The highest BCUT2D eigenvalue weighted by Crippen LogP contribution is 2.22. The van der Waals surface area contributed by atoms with Gasteiger partial charge in [0.05, 0.1) is 0 Å². The van der Waals surface area contributed by atoms with Gasteiger partial charge in [0.1, 0.15) is 5.69 Å². The van der Waals surface area contributed by atoms with Gasteiger partial charge in [0, 0.05) is 25.7 Å². The van der Waals surface area contributed by atoms with Gasteiger partial charge in [0.25, 0.3) is 5.91 Å². The summed E-state index contributed by atoms with van der Waals surface area (Å²) in [5, 5.41) is 8.64. The molecule has 0 spiro atoms. The molecule has 1 fully saturated rings.